The minimum atomic E-state index is -0.201. The highest BCUT2D eigenvalue weighted by Gasteiger charge is 2.21. The molecular formula is C26H32N4O3. The zero-order chi connectivity index (χ0) is 23.2. The van der Waals surface area contributed by atoms with E-state index in [1.807, 2.05) is 50.4 Å². The third kappa shape index (κ3) is 6.14. The van der Waals surface area contributed by atoms with Crippen molar-refractivity contribution < 1.29 is 13.9 Å². The molecule has 1 atom stereocenters. The predicted octanol–water partition coefficient (Wildman–Crippen LogP) is 3.81. The summed E-state index contributed by atoms with van der Waals surface area (Å²) in [6, 6.07) is 15.6. The van der Waals surface area contributed by atoms with Crippen LogP contribution < -0.4 is 15.0 Å². The number of aryl methyl sites for hydroxylation is 2. The molecule has 1 unspecified atom stereocenters. The maximum absolute atomic E-state index is 12.6. The summed E-state index contributed by atoms with van der Waals surface area (Å²) in [5, 5.41) is 3.05. The Bertz CT molecular complexity index is 1060. The number of nitrogens with one attached hydrogen (secondary N) is 1. The van der Waals surface area contributed by atoms with Crippen molar-refractivity contribution in [3.05, 3.63) is 77.4 Å². The Morgan fingerprint density at radius 2 is 1.94 bits per heavy atom. The van der Waals surface area contributed by atoms with Crippen LogP contribution in [0.1, 0.15) is 34.4 Å². The standard InChI is InChI=1S/C26H32N4O3/c1-19-7-9-23(20(2)16-19)32-18-22-8-10-24(33-22)26(31)28-21(3)17-29-12-14-30(15-13-29)25-6-4-5-11-27-25/h4-11,16,21H,12-15,17-18H2,1-3H3,(H,28,31). The van der Waals surface area contributed by atoms with Gasteiger partial charge in [-0.05, 0) is 56.7 Å². The molecule has 1 N–H and O–H groups in total. The molecule has 0 aliphatic carbocycles. The van der Waals surface area contributed by atoms with Gasteiger partial charge in [0.05, 0.1) is 0 Å². The molecule has 3 heterocycles. The lowest BCUT2D eigenvalue weighted by molar-refractivity contribution is 0.0896. The maximum Gasteiger partial charge on any atom is 0.287 e. The number of piperazine rings is 1. The average Bonchev–Trinajstić information content (AvgIpc) is 3.29. The van der Waals surface area contributed by atoms with Crippen molar-refractivity contribution in [1.29, 1.82) is 0 Å². The minimum absolute atomic E-state index is 0.0129. The van der Waals surface area contributed by atoms with Gasteiger partial charge in [0.1, 0.15) is 23.9 Å². The number of carbonyl (C=O) groups excluding carboxylic acids is 1. The first kappa shape index (κ1) is 22.9. The zero-order valence-electron chi connectivity index (χ0n) is 19.6. The number of carbonyl (C=O) groups is 1. The molecular weight excluding hydrogens is 416 g/mol. The molecule has 0 saturated carbocycles. The molecule has 2 aromatic heterocycles. The summed E-state index contributed by atoms with van der Waals surface area (Å²) < 4.78 is 11.6. The molecule has 1 aliphatic rings. The van der Waals surface area contributed by atoms with Crippen LogP contribution in [0.2, 0.25) is 0 Å². The summed E-state index contributed by atoms with van der Waals surface area (Å²) in [5.41, 5.74) is 2.27. The molecule has 1 aliphatic heterocycles. The monoisotopic (exact) mass is 448 g/mol. The number of nitrogens with zero attached hydrogens (tertiary/aromatic N) is 3. The molecule has 1 saturated heterocycles. The van der Waals surface area contributed by atoms with Gasteiger partial charge in [0.25, 0.3) is 5.91 Å². The van der Waals surface area contributed by atoms with Gasteiger partial charge in [0, 0.05) is 45.0 Å². The van der Waals surface area contributed by atoms with Crippen LogP contribution in [0.25, 0.3) is 0 Å². The molecule has 7 heteroatoms. The number of hydrogen-bond donors (Lipinski definition) is 1. The van der Waals surface area contributed by atoms with Crippen molar-refractivity contribution >= 4 is 11.7 Å². The average molecular weight is 449 g/mol. The van der Waals surface area contributed by atoms with Gasteiger partial charge in [0.15, 0.2) is 5.76 Å². The van der Waals surface area contributed by atoms with Crippen LogP contribution in [0.4, 0.5) is 5.82 Å². The van der Waals surface area contributed by atoms with E-state index in [4.69, 9.17) is 9.15 Å². The molecule has 0 radical (unpaired) electrons. The molecule has 1 fully saturated rings. The van der Waals surface area contributed by atoms with E-state index >= 15 is 0 Å². The number of pyridine rings is 1. The summed E-state index contributed by atoms with van der Waals surface area (Å²) >= 11 is 0. The van der Waals surface area contributed by atoms with E-state index in [0.717, 1.165) is 49.9 Å². The lowest BCUT2D eigenvalue weighted by Crippen LogP contribution is -2.51. The number of benzene rings is 1. The Labute approximate surface area is 195 Å². The molecule has 4 rings (SSSR count). The van der Waals surface area contributed by atoms with Gasteiger partial charge in [-0.1, -0.05) is 23.8 Å². The van der Waals surface area contributed by atoms with E-state index in [-0.39, 0.29) is 18.6 Å². The highest BCUT2D eigenvalue weighted by molar-refractivity contribution is 5.91. The van der Waals surface area contributed by atoms with Crippen LogP contribution in [0.3, 0.4) is 0 Å². The topological polar surface area (TPSA) is 70.8 Å². The van der Waals surface area contributed by atoms with Crippen molar-refractivity contribution in [1.82, 2.24) is 15.2 Å². The Balaban J connectivity index is 1.22. The Kier molecular flexibility index (Phi) is 7.29. The van der Waals surface area contributed by atoms with Crippen LogP contribution in [-0.4, -0.2) is 54.6 Å². The molecule has 174 valence electrons. The summed E-state index contributed by atoms with van der Waals surface area (Å²) in [6.45, 7) is 10.9. The van der Waals surface area contributed by atoms with Crippen molar-refractivity contribution in [3.63, 3.8) is 0 Å². The normalized spacial score (nSPS) is 15.3. The highest BCUT2D eigenvalue weighted by atomic mass is 16.5. The second kappa shape index (κ2) is 10.5. The molecule has 7 nitrogen and oxygen atoms in total. The first-order valence-corrected chi connectivity index (χ1v) is 11.5. The third-order valence-corrected chi connectivity index (χ3v) is 5.84. The zero-order valence-corrected chi connectivity index (χ0v) is 19.6. The van der Waals surface area contributed by atoms with Crippen LogP contribution in [0.5, 0.6) is 5.75 Å². The molecule has 1 aromatic carbocycles. The van der Waals surface area contributed by atoms with Gasteiger partial charge in [-0.2, -0.15) is 0 Å². The first-order valence-electron chi connectivity index (χ1n) is 11.5. The van der Waals surface area contributed by atoms with Crippen molar-refractivity contribution in [2.24, 2.45) is 0 Å². The number of aromatic nitrogens is 1. The fourth-order valence-corrected chi connectivity index (χ4v) is 4.12. The van der Waals surface area contributed by atoms with E-state index in [1.54, 1.807) is 12.1 Å². The molecule has 3 aromatic rings. The van der Waals surface area contributed by atoms with Crippen molar-refractivity contribution in [2.75, 3.05) is 37.6 Å². The van der Waals surface area contributed by atoms with Gasteiger partial charge >= 0.3 is 0 Å². The lowest BCUT2D eigenvalue weighted by Gasteiger charge is -2.36. The SMILES string of the molecule is Cc1ccc(OCc2ccc(C(=O)NC(C)CN3CCN(c4ccccn4)CC3)o2)c(C)c1. The number of furan rings is 1. The Hall–Kier alpha value is -3.32. The minimum Gasteiger partial charge on any atom is -0.485 e. The Morgan fingerprint density at radius 1 is 1.12 bits per heavy atom. The molecule has 1 amide bonds. The fourth-order valence-electron chi connectivity index (χ4n) is 4.12. The van der Waals surface area contributed by atoms with Gasteiger partial charge in [0.2, 0.25) is 0 Å². The first-order chi connectivity index (χ1) is 16.0. The summed E-state index contributed by atoms with van der Waals surface area (Å²) in [5.74, 6) is 2.57. The maximum atomic E-state index is 12.6. The summed E-state index contributed by atoms with van der Waals surface area (Å²) in [4.78, 5) is 21.7. The van der Waals surface area contributed by atoms with E-state index in [9.17, 15) is 4.79 Å². The predicted molar refractivity (Wildman–Crippen MR) is 129 cm³/mol. The lowest BCUT2D eigenvalue weighted by atomic mass is 10.1. The number of hydrogen-bond acceptors (Lipinski definition) is 6. The Morgan fingerprint density at radius 3 is 2.67 bits per heavy atom. The summed E-state index contributed by atoms with van der Waals surface area (Å²) in [6.07, 6.45) is 1.83. The van der Waals surface area contributed by atoms with Gasteiger partial charge < -0.3 is 19.4 Å². The largest absolute Gasteiger partial charge is 0.485 e. The smallest absolute Gasteiger partial charge is 0.287 e. The molecule has 0 bridgehead atoms. The second-order valence-electron chi connectivity index (χ2n) is 8.67. The second-order valence-corrected chi connectivity index (χ2v) is 8.67. The fraction of sp³-hybridized carbons (Fsp3) is 0.385. The van der Waals surface area contributed by atoms with Crippen LogP contribution >= 0.6 is 0 Å². The van der Waals surface area contributed by atoms with Crippen molar-refractivity contribution in [3.8, 4) is 5.75 Å². The van der Waals surface area contributed by atoms with Crippen LogP contribution in [-0.2, 0) is 6.61 Å². The quantitative estimate of drug-likeness (QED) is 0.565. The van der Waals surface area contributed by atoms with E-state index in [2.05, 4.69) is 33.1 Å². The number of rotatable bonds is 8. The van der Waals surface area contributed by atoms with E-state index in [1.165, 1.54) is 5.56 Å². The van der Waals surface area contributed by atoms with Crippen molar-refractivity contribution in [2.45, 2.75) is 33.4 Å². The van der Waals surface area contributed by atoms with E-state index in [0.29, 0.717) is 11.5 Å². The third-order valence-electron chi connectivity index (χ3n) is 5.84. The van der Waals surface area contributed by atoms with Gasteiger partial charge in [-0.25, -0.2) is 4.98 Å². The highest BCUT2D eigenvalue weighted by Crippen LogP contribution is 2.20. The summed E-state index contributed by atoms with van der Waals surface area (Å²) in [7, 11) is 0. The number of ether oxygens (including phenoxy) is 1. The van der Waals surface area contributed by atoms with E-state index < -0.39 is 0 Å². The number of anilines is 1. The van der Waals surface area contributed by atoms with Gasteiger partial charge in [-0.15, -0.1) is 0 Å². The van der Waals surface area contributed by atoms with Crippen LogP contribution in [0, 0.1) is 13.8 Å². The van der Waals surface area contributed by atoms with Crippen LogP contribution in [0.15, 0.2) is 59.1 Å². The van der Waals surface area contributed by atoms with Gasteiger partial charge in [-0.3, -0.25) is 9.69 Å². The molecule has 0 spiro atoms. The molecule has 33 heavy (non-hydrogen) atoms. The number of amides is 1.